The minimum Gasteiger partial charge on any atom is -0.341 e. The van der Waals surface area contributed by atoms with Gasteiger partial charge in [0.2, 0.25) is 0 Å². The number of nitrogens with zero attached hydrogens (tertiary/aromatic N) is 5. The lowest BCUT2D eigenvalue weighted by atomic mass is 9.94. The Hall–Kier alpha value is -4.91. The summed E-state index contributed by atoms with van der Waals surface area (Å²) in [6.07, 6.45) is 8.31. The second kappa shape index (κ2) is 8.04. The number of aryl methyl sites for hydroxylation is 1. The van der Waals surface area contributed by atoms with Gasteiger partial charge in [0.15, 0.2) is 0 Å². The molecule has 0 amide bonds. The Labute approximate surface area is 223 Å². The molecule has 2 N–H and O–H groups in total. The van der Waals surface area contributed by atoms with Crippen LogP contribution in [0.2, 0.25) is 0 Å². The molecule has 0 saturated carbocycles. The van der Waals surface area contributed by atoms with Crippen LogP contribution in [0.25, 0.3) is 76.3 Å². The van der Waals surface area contributed by atoms with Gasteiger partial charge in [0.25, 0.3) is 0 Å². The Morgan fingerprint density at radius 1 is 0.641 bits per heavy atom. The quantitative estimate of drug-likeness (QED) is 0.240. The van der Waals surface area contributed by atoms with Crippen LogP contribution in [0.4, 0.5) is 0 Å². The van der Waals surface area contributed by atoms with Crippen molar-refractivity contribution in [3.8, 4) is 11.1 Å². The predicted molar refractivity (Wildman–Crippen MR) is 158 cm³/mol. The molecule has 0 aliphatic carbocycles. The number of fused-ring (bicyclic) bond motifs is 12. The summed E-state index contributed by atoms with van der Waals surface area (Å²) >= 11 is 0. The number of hydrogen-bond acceptors (Lipinski definition) is 5. The van der Waals surface area contributed by atoms with Gasteiger partial charge in [-0.2, -0.15) is 10.2 Å². The molecule has 7 heteroatoms. The molecule has 4 aromatic carbocycles. The van der Waals surface area contributed by atoms with E-state index in [0.717, 1.165) is 83.6 Å². The maximum atomic E-state index is 4.95. The third-order valence-electron chi connectivity index (χ3n) is 7.91. The number of aromatic nitrogens is 7. The molecule has 7 nitrogen and oxygen atoms in total. The van der Waals surface area contributed by atoms with Gasteiger partial charge in [-0.25, -0.2) is 9.97 Å². The zero-order valence-corrected chi connectivity index (χ0v) is 21.9. The van der Waals surface area contributed by atoms with E-state index in [1.54, 1.807) is 0 Å². The van der Waals surface area contributed by atoms with E-state index in [4.69, 9.17) is 9.97 Å². The average Bonchev–Trinajstić information content (AvgIpc) is 3.63. The monoisotopic (exact) mass is 507 g/mol. The summed E-state index contributed by atoms with van der Waals surface area (Å²) in [4.78, 5) is 21.4. The largest absolute Gasteiger partial charge is 0.341 e. The fraction of sp³-hybridized carbons (Fsp3) is 0.156. The molecule has 0 bridgehead atoms. The highest BCUT2D eigenvalue weighted by atomic mass is 15.1. The zero-order chi connectivity index (χ0) is 26.2. The van der Waals surface area contributed by atoms with Crippen LogP contribution in [0.3, 0.4) is 0 Å². The van der Waals surface area contributed by atoms with Crippen LogP contribution in [-0.4, -0.2) is 35.1 Å². The van der Waals surface area contributed by atoms with Crippen molar-refractivity contribution in [2.45, 2.75) is 33.1 Å². The highest BCUT2D eigenvalue weighted by Gasteiger charge is 2.17. The summed E-state index contributed by atoms with van der Waals surface area (Å²) in [5.74, 6) is 2.28. The molecule has 0 radical (unpaired) electrons. The van der Waals surface area contributed by atoms with E-state index in [0.29, 0.717) is 5.92 Å². The number of benzene rings is 4. The molecular weight excluding hydrogens is 482 g/mol. The lowest BCUT2D eigenvalue weighted by Crippen LogP contribution is -1.88. The molecule has 0 aliphatic heterocycles. The van der Waals surface area contributed by atoms with Crippen molar-refractivity contribution in [1.29, 1.82) is 0 Å². The Morgan fingerprint density at radius 3 is 2.00 bits per heavy atom. The summed E-state index contributed by atoms with van der Waals surface area (Å²) in [6.45, 7) is 6.43. The van der Waals surface area contributed by atoms with E-state index < -0.39 is 0 Å². The molecular formula is C32H25N7. The SMILES string of the molecule is CCc1nc2c3cnncc3c3cc(-c4ccc5c(c4)c4ccncc4c4nc(C(C)C)[nH]c54)ccc3c2[nH]1. The molecule has 8 rings (SSSR count). The van der Waals surface area contributed by atoms with Crippen molar-refractivity contribution in [3.05, 3.63) is 78.9 Å². The molecule has 39 heavy (non-hydrogen) atoms. The van der Waals surface area contributed by atoms with Crippen LogP contribution in [0, 0.1) is 0 Å². The van der Waals surface area contributed by atoms with Crippen molar-refractivity contribution in [2.24, 2.45) is 0 Å². The van der Waals surface area contributed by atoms with Crippen LogP contribution < -0.4 is 0 Å². The normalized spacial score (nSPS) is 12.3. The fourth-order valence-corrected chi connectivity index (χ4v) is 5.91. The maximum Gasteiger partial charge on any atom is 0.109 e. The van der Waals surface area contributed by atoms with E-state index in [1.807, 2.05) is 24.8 Å². The lowest BCUT2D eigenvalue weighted by Gasteiger charge is -2.11. The number of imidazole rings is 2. The first-order valence-corrected chi connectivity index (χ1v) is 13.3. The smallest absolute Gasteiger partial charge is 0.109 e. The molecule has 0 saturated heterocycles. The maximum absolute atomic E-state index is 4.95. The number of rotatable bonds is 3. The first-order valence-electron chi connectivity index (χ1n) is 13.3. The van der Waals surface area contributed by atoms with Crippen molar-refractivity contribution < 1.29 is 0 Å². The number of aromatic amines is 2. The van der Waals surface area contributed by atoms with Crippen LogP contribution in [0.1, 0.15) is 38.3 Å². The van der Waals surface area contributed by atoms with Crippen LogP contribution in [0.5, 0.6) is 0 Å². The lowest BCUT2D eigenvalue weighted by molar-refractivity contribution is 0.799. The van der Waals surface area contributed by atoms with Crippen LogP contribution in [-0.2, 0) is 6.42 Å². The molecule has 4 heterocycles. The zero-order valence-electron chi connectivity index (χ0n) is 21.9. The van der Waals surface area contributed by atoms with Gasteiger partial charge in [0.05, 0.1) is 34.5 Å². The van der Waals surface area contributed by atoms with Crippen molar-refractivity contribution in [3.63, 3.8) is 0 Å². The second-order valence-electron chi connectivity index (χ2n) is 10.5. The van der Waals surface area contributed by atoms with E-state index >= 15 is 0 Å². The average molecular weight is 508 g/mol. The van der Waals surface area contributed by atoms with Gasteiger partial charge >= 0.3 is 0 Å². The Kier molecular flexibility index (Phi) is 4.56. The highest BCUT2D eigenvalue weighted by molar-refractivity contribution is 6.25. The van der Waals surface area contributed by atoms with Crippen LogP contribution in [0.15, 0.2) is 67.3 Å². The molecule has 188 valence electrons. The Bertz CT molecular complexity index is 2260. The van der Waals surface area contributed by atoms with Gasteiger partial charge in [-0.15, -0.1) is 0 Å². The minimum absolute atomic E-state index is 0.310. The third kappa shape index (κ3) is 3.13. The molecule has 0 unspecified atom stereocenters. The van der Waals surface area contributed by atoms with E-state index in [1.165, 1.54) is 10.8 Å². The van der Waals surface area contributed by atoms with Gasteiger partial charge in [0, 0.05) is 51.7 Å². The van der Waals surface area contributed by atoms with Crippen LogP contribution >= 0.6 is 0 Å². The van der Waals surface area contributed by atoms with Gasteiger partial charge in [-0.1, -0.05) is 45.0 Å². The fourth-order valence-electron chi connectivity index (χ4n) is 5.91. The molecule has 0 spiro atoms. The summed E-state index contributed by atoms with van der Waals surface area (Å²) < 4.78 is 0. The molecule has 8 aromatic rings. The van der Waals surface area contributed by atoms with Crippen molar-refractivity contribution >= 4 is 65.2 Å². The van der Waals surface area contributed by atoms with E-state index in [-0.39, 0.29) is 0 Å². The van der Waals surface area contributed by atoms with Crippen molar-refractivity contribution in [2.75, 3.05) is 0 Å². The predicted octanol–water partition coefficient (Wildman–Crippen LogP) is 7.59. The summed E-state index contributed by atoms with van der Waals surface area (Å²) in [5.41, 5.74) is 6.35. The summed E-state index contributed by atoms with van der Waals surface area (Å²) in [5, 5.41) is 17.3. The Balaban J connectivity index is 1.41. The van der Waals surface area contributed by atoms with Gasteiger partial charge in [-0.05, 0) is 45.5 Å². The number of hydrogen-bond donors (Lipinski definition) is 2. The number of H-pyrrole nitrogens is 2. The van der Waals surface area contributed by atoms with Gasteiger partial charge in [-0.3, -0.25) is 4.98 Å². The summed E-state index contributed by atoms with van der Waals surface area (Å²) in [6, 6.07) is 15.5. The molecule has 4 aromatic heterocycles. The summed E-state index contributed by atoms with van der Waals surface area (Å²) in [7, 11) is 0. The minimum atomic E-state index is 0.310. The standard InChI is InChI=1S/C32H25N7/c1-4-27-36-28-21-8-6-18(12-23(21)24-14-34-35-15-26(24)30(28)37-27)17-5-7-20-22(11-17)19-9-10-33-13-25(19)31-29(20)38-32(39-31)16(2)3/h5-16H,4H2,1-3H3,(H,36,37)(H,38,39). The topological polar surface area (TPSA) is 96.0 Å². The molecule has 0 fully saturated rings. The van der Waals surface area contributed by atoms with Gasteiger partial charge < -0.3 is 9.97 Å². The van der Waals surface area contributed by atoms with E-state index in [9.17, 15) is 0 Å². The van der Waals surface area contributed by atoms with E-state index in [2.05, 4.69) is 88.4 Å². The highest BCUT2D eigenvalue weighted by Crippen LogP contribution is 2.39. The van der Waals surface area contributed by atoms with Gasteiger partial charge in [0.1, 0.15) is 11.6 Å². The second-order valence-corrected chi connectivity index (χ2v) is 10.5. The first kappa shape index (κ1) is 22.1. The molecule has 0 aliphatic rings. The third-order valence-corrected chi connectivity index (χ3v) is 7.91. The first-order chi connectivity index (χ1) is 19.1. The van der Waals surface area contributed by atoms with Crippen molar-refractivity contribution in [1.82, 2.24) is 35.1 Å². The number of pyridine rings is 1. The molecule has 0 atom stereocenters. The Morgan fingerprint density at radius 2 is 1.28 bits per heavy atom. The number of nitrogens with one attached hydrogen (secondary N) is 2.